The summed E-state index contributed by atoms with van der Waals surface area (Å²) in [4.78, 5) is 2.22. The minimum Gasteiger partial charge on any atom is -0.327 e. The molecule has 0 aromatic rings. The number of nitrogens with two attached hydrogens (primary N) is 1. The van der Waals surface area contributed by atoms with Gasteiger partial charge in [0.1, 0.15) is 0 Å². The molecule has 2 rings (SSSR count). The molecule has 2 aliphatic rings. The highest BCUT2D eigenvalue weighted by Crippen LogP contribution is 2.32. The molecule has 13 heavy (non-hydrogen) atoms. The maximum Gasteiger partial charge on any atom is 0.156 e. The molecule has 2 aliphatic heterocycles. The van der Waals surface area contributed by atoms with Crippen molar-refractivity contribution in [1.82, 2.24) is 4.90 Å². The van der Waals surface area contributed by atoms with E-state index in [9.17, 15) is 8.42 Å². The van der Waals surface area contributed by atoms with E-state index in [0.29, 0.717) is 12.3 Å². The third-order valence-corrected chi connectivity index (χ3v) is 5.15. The van der Waals surface area contributed by atoms with Crippen LogP contribution in [0.4, 0.5) is 0 Å². The first kappa shape index (κ1) is 9.43. The third-order valence-electron chi connectivity index (χ3n) is 2.94. The standard InChI is InChI=1S/C8H16N2O2S/c1-6(9)3-10-4-8-2-7(10)5-13(8,11)12/h6-8H,2-5,9H2,1H3. The number of hydrogen-bond acceptors (Lipinski definition) is 4. The van der Waals surface area contributed by atoms with Crippen LogP contribution in [0.2, 0.25) is 0 Å². The Balaban J connectivity index is 2.03. The van der Waals surface area contributed by atoms with Gasteiger partial charge in [0.25, 0.3) is 0 Å². The summed E-state index contributed by atoms with van der Waals surface area (Å²) < 4.78 is 22.8. The van der Waals surface area contributed by atoms with Gasteiger partial charge in [0.2, 0.25) is 0 Å². The quantitative estimate of drug-likeness (QED) is 0.640. The van der Waals surface area contributed by atoms with Gasteiger partial charge in [0.15, 0.2) is 9.84 Å². The van der Waals surface area contributed by atoms with Crippen LogP contribution in [0.1, 0.15) is 13.3 Å². The van der Waals surface area contributed by atoms with Crippen LogP contribution in [0.15, 0.2) is 0 Å². The summed E-state index contributed by atoms with van der Waals surface area (Å²) in [5.74, 6) is 0.352. The van der Waals surface area contributed by atoms with Gasteiger partial charge >= 0.3 is 0 Å². The molecule has 2 bridgehead atoms. The minimum atomic E-state index is -2.74. The second kappa shape index (κ2) is 2.93. The highest BCUT2D eigenvalue weighted by atomic mass is 32.2. The fraction of sp³-hybridized carbons (Fsp3) is 1.00. The van der Waals surface area contributed by atoms with E-state index < -0.39 is 9.84 Å². The van der Waals surface area contributed by atoms with E-state index in [4.69, 9.17) is 5.73 Å². The molecule has 3 atom stereocenters. The van der Waals surface area contributed by atoms with Gasteiger partial charge < -0.3 is 5.73 Å². The van der Waals surface area contributed by atoms with Crippen LogP contribution in [-0.2, 0) is 9.84 Å². The summed E-state index contributed by atoms with van der Waals surface area (Å²) in [5.41, 5.74) is 5.68. The van der Waals surface area contributed by atoms with Crippen molar-refractivity contribution in [1.29, 1.82) is 0 Å². The molecule has 0 saturated carbocycles. The maximum absolute atomic E-state index is 11.4. The second-order valence-corrected chi connectivity index (χ2v) is 6.60. The van der Waals surface area contributed by atoms with Crippen molar-refractivity contribution in [3.05, 3.63) is 0 Å². The van der Waals surface area contributed by atoms with Gasteiger partial charge in [-0.05, 0) is 13.3 Å². The van der Waals surface area contributed by atoms with Crippen molar-refractivity contribution in [3.8, 4) is 0 Å². The average molecular weight is 204 g/mol. The van der Waals surface area contributed by atoms with E-state index >= 15 is 0 Å². The van der Waals surface area contributed by atoms with Crippen LogP contribution in [0, 0.1) is 0 Å². The number of sulfone groups is 1. The summed E-state index contributed by atoms with van der Waals surface area (Å²) in [6, 6.07) is 0.392. The average Bonchev–Trinajstić information content (AvgIpc) is 2.41. The molecule has 5 heteroatoms. The first-order valence-electron chi connectivity index (χ1n) is 4.70. The molecule has 3 unspecified atom stereocenters. The first-order chi connectivity index (χ1) is 5.99. The van der Waals surface area contributed by atoms with E-state index in [1.54, 1.807) is 0 Å². The van der Waals surface area contributed by atoms with Crippen molar-refractivity contribution in [2.45, 2.75) is 30.7 Å². The van der Waals surface area contributed by atoms with Crippen LogP contribution >= 0.6 is 0 Å². The zero-order valence-electron chi connectivity index (χ0n) is 7.81. The first-order valence-corrected chi connectivity index (χ1v) is 6.42. The van der Waals surface area contributed by atoms with E-state index in [1.807, 2.05) is 6.92 Å². The number of rotatable bonds is 2. The maximum atomic E-state index is 11.4. The Kier molecular flexibility index (Phi) is 2.13. The van der Waals surface area contributed by atoms with Gasteiger partial charge in [-0.15, -0.1) is 0 Å². The fourth-order valence-electron chi connectivity index (χ4n) is 2.37. The summed E-state index contributed by atoms with van der Waals surface area (Å²) in [6.45, 7) is 3.49. The fourth-order valence-corrected chi connectivity index (χ4v) is 4.46. The summed E-state index contributed by atoms with van der Waals surface area (Å²) in [6.07, 6.45) is 0.828. The van der Waals surface area contributed by atoms with Gasteiger partial charge in [0, 0.05) is 25.2 Å². The zero-order chi connectivity index (χ0) is 9.64. The molecule has 2 heterocycles. The molecular formula is C8H16N2O2S. The minimum absolute atomic E-state index is 0.101. The van der Waals surface area contributed by atoms with E-state index in [1.165, 1.54) is 0 Å². The number of fused-ring (bicyclic) bond motifs is 2. The normalized spacial score (nSPS) is 39.5. The lowest BCUT2D eigenvalue weighted by atomic mass is 10.2. The van der Waals surface area contributed by atoms with Crippen molar-refractivity contribution >= 4 is 9.84 Å². The van der Waals surface area contributed by atoms with Gasteiger partial charge in [-0.2, -0.15) is 0 Å². The Hall–Kier alpha value is -0.130. The molecular weight excluding hydrogens is 188 g/mol. The smallest absolute Gasteiger partial charge is 0.156 e. The lowest BCUT2D eigenvalue weighted by Gasteiger charge is -2.27. The molecule has 2 saturated heterocycles. The third kappa shape index (κ3) is 1.60. The SMILES string of the molecule is CC(N)CN1CC2CC1CS2(=O)=O. The van der Waals surface area contributed by atoms with Crippen LogP contribution in [-0.4, -0.2) is 49.5 Å². The largest absolute Gasteiger partial charge is 0.327 e. The van der Waals surface area contributed by atoms with Crippen LogP contribution in [0.25, 0.3) is 0 Å². The molecule has 2 fully saturated rings. The number of hydrogen-bond donors (Lipinski definition) is 1. The van der Waals surface area contributed by atoms with Crippen LogP contribution in [0.3, 0.4) is 0 Å². The zero-order valence-corrected chi connectivity index (χ0v) is 8.63. The van der Waals surface area contributed by atoms with Gasteiger partial charge in [-0.25, -0.2) is 8.42 Å². The predicted molar refractivity (Wildman–Crippen MR) is 51.2 cm³/mol. The molecule has 0 aromatic heterocycles. The molecule has 0 radical (unpaired) electrons. The van der Waals surface area contributed by atoms with E-state index in [0.717, 1.165) is 13.0 Å². The van der Waals surface area contributed by atoms with Gasteiger partial charge in [-0.3, -0.25) is 4.90 Å². The van der Waals surface area contributed by atoms with Gasteiger partial charge in [-0.1, -0.05) is 0 Å². The highest BCUT2D eigenvalue weighted by molar-refractivity contribution is 7.92. The molecule has 0 spiro atoms. The lowest BCUT2D eigenvalue weighted by Crippen LogP contribution is -2.45. The molecule has 4 nitrogen and oxygen atoms in total. The Morgan fingerprint density at radius 3 is 2.69 bits per heavy atom. The Labute approximate surface area is 79.0 Å². The van der Waals surface area contributed by atoms with Crippen molar-refractivity contribution < 1.29 is 8.42 Å². The predicted octanol–water partition coefficient (Wildman–Crippen LogP) is -0.795. The topological polar surface area (TPSA) is 63.4 Å². The monoisotopic (exact) mass is 204 g/mol. The summed E-state index contributed by atoms with van der Waals surface area (Å²) in [7, 11) is -2.74. The molecule has 0 aromatic carbocycles. The van der Waals surface area contributed by atoms with Crippen LogP contribution < -0.4 is 5.73 Å². The molecule has 0 aliphatic carbocycles. The number of nitrogens with zero attached hydrogens (tertiary/aromatic N) is 1. The number of likely N-dealkylation sites (tertiary alicyclic amines) is 1. The Morgan fingerprint density at radius 2 is 2.31 bits per heavy atom. The Bertz CT molecular complexity index is 299. The summed E-state index contributed by atoms with van der Waals surface area (Å²) in [5, 5.41) is -0.101. The van der Waals surface area contributed by atoms with Crippen molar-refractivity contribution in [2.24, 2.45) is 5.73 Å². The molecule has 0 amide bonds. The van der Waals surface area contributed by atoms with E-state index in [2.05, 4.69) is 4.90 Å². The van der Waals surface area contributed by atoms with Crippen molar-refractivity contribution in [2.75, 3.05) is 18.8 Å². The van der Waals surface area contributed by atoms with E-state index in [-0.39, 0.29) is 17.3 Å². The molecule has 76 valence electrons. The van der Waals surface area contributed by atoms with Crippen molar-refractivity contribution in [3.63, 3.8) is 0 Å². The Morgan fingerprint density at radius 1 is 1.62 bits per heavy atom. The highest BCUT2D eigenvalue weighted by Gasteiger charge is 2.48. The summed E-state index contributed by atoms with van der Waals surface area (Å²) >= 11 is 0. The lowest BCUT2D eigenvalue weighted by molar-refractivity contribution is 0.253. The molecule has 2 N–H and O–H groups in total. The second-order valence-electron chi connectivity index (χ2n) is 4.27. The van der Waals surface area contributed by atoms with Crippen LogP contribution in [0.5, 0.6) is 0 Å². The van der Waals surface area contributed by atoms with Gasteiger partial charge in [0.05, 0.1) is 11.0 Å².